The van der Waals surface area contributed by atoms with Gasteiger partial charge in [0.05, 0.1) is 22.5 Å². The molecule has 4 N–H and O–H groups in total. The van der Waals surface area contributed by atoms with Gasteiger partial charge in [0.2, 0.25) is 0 Å². The van der Waals surface area contributed by atoms with Crippen molar-refractivity contribution in [3.63, 3.8) is 0 Å². The highest BCUT2D eigenvalue weighted by atomic mass is 16.4. The average Bonchev–Trinajstić information content (AvgIpc) is 3.33. The van der Waals surface area contributed by atoms with E-state index in [-0.39, 0.29) is 23.4 Å². The first-order chi connectivity index (χ1) is 15.9. The van der Waals surface area contributed by atoms with E-state index in [0.717, 1.165) is 43.2 Å². The van der Waals surface area contributed by atoms with Crippen molar-refractivity contribution in [3.8, 4) is 0 Å². The predicted molar refractivity (Wildman–Crippen MR) is 128 cm³/mol. The second-order valence-electron chi connectivity index (χ2n) is 10.6. The fraction of sp³-hybridized carbons (Fsp3) is 0.556. The van der Waals surface area contributed by atoms with Crippen LogP contribution in [0.5, 0.6) is 0 Å². The van der Waals surface area contributed by atoms with Crippen molar-refractivity contribution in [2.75, 3.05) is 5.01 Å². The molecule has 5 aliphatic carbocycles. The Bertz CT molecular complexity index is 933. The van der Waals surface area contributed by atoms with Gasteiger partial charge in [0.25, 0.3) is 5.91 Å². The number of benzene rings is 1. The first-order valence-corrected chi connectivity index (χ1v) is 12.5. The Morgan fingerprint density at radius 1 is 1.00 bits per heavy atom. The molecule has 6 heteroatoms. The number of amides is 1. The van der Waals surface area contributed by atoms with E-state index in [2.05, 4.69) is 11.9 Å². The maximum Gasteiger partial charge on any atom is 0.335 e. The molecule has 0 aromatic heterocycles. The maximum absolute atomic E-state index is 13.6. The number of nitrogens with zero attached hydrogens (tertiary/aromatic N) is 1. The third-order valence-corrected chi connectivity index (χ3v) is 8.64. The van der Waals surface area contributed by atoms with E-state index >= 15 is 0 Å². The van der Waals surface area contributed by atoms with Gasteiger partial charge in [-0.1, -0.05) is 25.5 Å². The first kappa shape index (κ1) is 22.2. The van der Waals surface area contributed by atoms with E-state index < -0.39 is 5.97 Å². The molecule has 0 unspecified atom stereocenters. The summed E-state index contributed by atoms with van der Waals surface area (Å²) in [7, 11) is 0. The van der Waals surface area contributed by atoms with Crippen molar-refractivity contribution in [1.82, 2.24) is 5.32 Å². The van der Waals surface area contributed by atoms with Crippen LogP contribution in [0.25, 0.3) is 0 Å². The molecule has 0 saturated heterocycles. The standard InChI is InChI=1S/C27H35N3O3/c1-2-23(26(31)29-24-20-12-16-11-17(14-20)15-21(24)13-16)25(18-5-3-4-6-18)30(28)22-9-7-19(8-10-22)27(32)33/h2,7-10,16-18,20-21,24H,1,3-6,11-15,28H2,(H,29,31)(H,32,33)/b25-23+. The molecule has 33 heavy (non-hydrogen) atoms. The van der Waals surface area contributed by atoms with Gasteiger partial charge in [-0.3, -0.25) is 9.80 Å². The lowest BCUT2D eigenvalue weighted by Gasteiger charge is -2.54. The maximum atomic E-state index is 13.6. The molecular weight excluding hydrogens is 414 g/mol. The topological polar surface area (TPSA) is 95.7 Å². The Morgan fingerprint density at radius 2 is 1.58 bits per heavy atom. The molecule has 1 amide bonds. The van der Waals surface area contributed by atoms with E-state index in [1.54, 1.807) is 35.4 Å². The Kier molecular flexibility index (Phi) is 6.04. The molecule has 0 spiro atoms. The number of allylic oxidation sites excluding steroid dienone is 1. The molecule has 5 fully saturated rings. The monoisotopic (exact) mass is 449 g/mol. The summed E-state index contributed by atoms with van der Waals surface area (Å²) in [5, 5.41) is 14.2. The molecule has 0 radical (unpaired) electrons. The number of rotatable bonds is 7. The van der Waals surface area contributed by atoms with Crippen LogP contribution in [0, 0.1) is 29.6 Å². The van der Waals surface area contributed by atoms with E-state index in [1.165, 1.54) is 32.1 Å². The average molecular weight is 450 g/mol. The predicted octanol–water partition coefficient (Wildman–Crippen LogP) is 4.64. The van der Waals surface area contributed by atoms with Crippen LogP contribution in [0.3, 0.4) is 0 Å². The third kappa shape index (κ3) is 4.21. The molecule has 1 aromatic carbocycles. The summed E-state index contributed by atoms with van der Waals surface area (Å²) in [5.74, 6) is 8.67. The molecular formula is C27H35N3O3. The molecule has 1 aromatic rings. The highest BCUT2D eigenvalue weighted by Gasteiger charge is 2.48. The molecule has 4 bridgehead atoms. The Balaban J connectivity index is 1.43. The van der Waals surface area contributed by atoms with Crippen molar-refractivity contribution in [3.05, 3.63) is 53.8 Å². The summed E-state index contributed by atoms with van der Waals surface area (Å²) in [6.45, 7) is 3.99. The zero-order chi connectivity index (χ0) is 23.1. The minimum atomic E-state index is -0.974. The number of hydrazine groups is 1. The zero-order valence-electron chi connectivity index (χ0n) is 19.2. The zero-order valence-corrected chi connectivity index (χ0v) is 19.2. The number of carboxylic acids is 1. The molecule has 6 nitrogen and oxygen atoms in total. The van der Waals surface area contributed by atoms with E-state index in [4.69, 9.17) is 5.84 Å². The van der Waals surface area contributed by atoms with E-state index in [9.17, 15) is 14.7 Å². The van der Waals surface area contributed by atoms with E-state index in [0.29, 0.717) is 23.1 Å². The van der Waals surface area contributed by atoms with Gasteiger partial charge >= 0.3 is 5.97 Å². The Labute approximate surface area is 195 Å². The van der Waals surface area contributed by atoms with Crippen molar-refractivity contribution < 1.29 is 14.7 Å². The van der Waals surface area contributed by atoms with Crippen LogP contribution in [0.2, 0.25) is 0 Å². The molecule has 0 heterocycles. The smallest absolute Gasteiger partial charge is 0.335 e. The normalized spacial score (nSPS) is 31.2. The van der Waals surface area contributed by atoms with Crippen LogP contribution < -0.4 is 16.2 Å². The highest BCUT2D eigenvalue weighted by Crippen LogP contribution is 2.53. The third-order valence-electron chi connectivity index (χ3n) is 8.64. The number of hydrogen-bond donors (Lipinski definition) is 3. The van der Waals surface area contributed by atoms with Crippen LogP contribution in [0.1, 0.15) is 68.1 Å². The number of hydrogen-bond acceptors (Lipinski definition) is 4. The number of nitrogens with two attached hydrogens (primary N) is 1. The lowest BCUT2D eigenvalue weighted by molar-refractivity contribution is -0.121. The van der Waals surface area contributed by atoms with Gasteiger partial charge in [-0.05, 0) is 92.9 Å². The summed E-state index contributed by atoms with van der Waals surface area (Å²) in [5.41, 5.74) is 2.23. The van der Waals surface area contributed by atoms with Crippen LogP contribution in [0.15, 0.2) is 48.2 Å². The number of anilines is 1. The van der Waals surface area contributed by atoms with Gasteiger partial charge in [0.15, 0.2) is 0 Å². The number of nitrogens with one attached hydrogen (secondary N) is 1. The van der Waals surface area contributed by atoms with Gasteiger partial charge in [-0.25, -0.2) is 10.6 Å². The molecule has 5 aliphatic rings. The minimum Gasteiger partial charge on any atom is -0.478 e. The molecule has 0 aliphatic heterocycles. The van der Waals surface area contributed by atoms with Gasteiger partial charge < -0.3 is 10.4 Å². The van der Waals surface area contributed by atoms with Gasteiger partial charge in [-0.2, -0.15) is 0 Å². The van der Waals surface area contributed by atoms with Crippen molar-refractivity contribution in [1.29, 1.82) is 0 Å². The molecule has 6 rings (SSSR count). The van der Waals surface area contributed by atoms with Crippen LogP contribution in [0.4, 0.5) is 5.69 Å². The SMILES string of the molecule is C=C/C(C(=O)NC1C2CC3CC(C2)CC1C3)=C(/C1CCCC1)N(N)c1ccc(C(=O)O)cc1. The summed E-state index contributed by atoms with van der Waals surface area (Å²) >= 11 is 0. The number of carboxylic acid groups (broad SMARTS) is 1. The van der Waals surface area contributed by atoms with E-state index in [1.807, 2.05) is 0 Å². The Hall–Kier alpha value is -2.60. The lowest BCUT2D eigenvalue weighted by atomic mass is 9.54. The van der Waals surface area contributed by atoms with Crippen LogP contribution >= 0.6 is 0 Å². The minimum absolute atomic E-state index is 0.0676. The Morgan fingerprint density at radius 3 is 2.09 bits per heavy atom. The quantitative estimate of drug-likeness (QED) is 0.244. The fourth-order valence-electron chi connectivity index (χ4n) is 7.35. The fourth-order valence-corrected chi connectivity index (χ4v) is 7.35. The summed E-state index contributed by atoms with van der Waals surface area (Å²) in [6.07, 6.45) is 12.2. The summed E-state index contributed by atoms with van der Waals surface area (Å²) in [6, 6.07) is 6.76. The second kappa shape index (κ2) is 8.98. The summed E-state index contributed by atoms with van der Waals surface area (Å²) in [4.78, 5) is 24.9. The molecule has 0 atom stereocenters. The number of carbonyl (C=O) groups excluding carboxylic acids is 1. The summed E-state index contributed by atoms with van der Waals surface area (Å²) < 4.78 is 0. The van der Waals surface area contributed by atoms with Crippen LogP contribution in [-0.4, -0.2) is 23.0 Å². The highest BCUT2D eigenvalue weighted by molar-refractivity contribution is 5.98. The van der Waals surface area contributed by atoms with Crippen molar-refractivity contribution >= 4 is 17.6 Å². The van der Waals surface area contributed by atoms with Gasteiger partial charge in [0.1, 0.15) is 0 Å². The number of carbonyl (C=O) groups is 2. The largest absolute Gasteiger partial charge is 0.478 e. The van der Waals surface area contributed by atoms with Crippen molar-refractivity contribution in [2.24, 2.45) is 35.4 Å². The molecule has 176 valence electrons. The molecule has 5 saturated carbocycles. The lowest BCUT2D eigenvalue weighted by Crippen LogP contribution is -2.56. The van der Waals surface area contributed by atoms with Gasteiger partial charge in [0, 0.05) is 12.0 Å². The second-order valence-corrected chi connectivity index (χ2v) is 10.6. The number of aromatic carboxylic acids is 1. The first-order valence-electron chi connectivity index (χ1n) is 12.5. The van der Waals surface area contributed by atoms with Crippen LogP contribution in [-0.2, 0) is 4.79 Å². The van der Waals surface area contributed by atoms with Crippen molar-refractivity contribution in [2.45, 2.75) is 63.8 Å². The van der Waals surface area contributed by atoms with Gasteiger partial charge in [-0.15, -0.1) is 0 Å².